The van der Waals surface area contributed by atoms with Crippen LogP contribution < -0.4 is 0 Å². The summed E-state index contributed by atoms with van der Waals surface area (Å²) < 4.78 is 14.0. The third-order valence-electron chi connectivity index (χ3n) is 2.10. The summed E-state index contributed by atoms with van der Waals surface area (Å²) in [6.45, 7) is 1.77. The van der Waals surface area contributed by atoms with Crippen LogP contribution in [0.15, 0.2) is 34.1 Å². The zero-order chi connectivity index (χ0) is 11.7. The Bertz CT molecular complexity index is 527. The molecule has 0 aliphatic rings. The summed E-state index contributed by atoms with van der Waals surface area (Å²) in [5.41, 5.74) is 1.14. The summed E-state index contributed by atoms with van der Waals surface area (Å²) in [7, 11) is 0. The normalized spacial score (nSPS) is 10.4. The number of thiophene rings is 1. The Kier molecular flexibility index (Phi) is 3.21. The Labute approximate surface area is 105 Å². The summed E-state index contributed by atoms with van der Waals surface area (Å²) in [5, 5.41) is 0. The van der Waals surface area contributed by atoms with Crippen molar-refractivity contribution in [2.45, 2.75) is 6.92 Å². The zero-order valence-corrected chi connectivity index (χ0v) is 10.9. The summed E-state index contributed by atoms with van der Waals surface area (Å²) in [6.07, 6.45) is 0. The van der Waals surface area contributed by atoms with E-state index in [1.165, 1.54) is 23.5 Å². The molecule has 0 N–H and O–H groups in total. The fraction of sp³-hybridized carbons (Fsp3) is 0.0833. The first kappa shape index (κ1) is 11.5. The first-order chi connectivity index (χ1) is 7.56. The van der Waals surface area contributed by atoms with E-state index in [9.17, 15) is 9.18 Å². The van der Waals surface area contributed by atoms with Gasteiger partial charge in [-0.05, 0) is 58.7 Å². The Balaban J connectivity index is 2.41. The minimum atomic E-state index is -0.376. The first-order valence-corrected chi connectivity index (χ1v) is 6.24. The number of aryl methyl sites for hydroxylation is 1. The van der Waals surface area contributed by atoms with Crippen molar-refractivity contribution in [2.75, 3.05) is 0 Å². The minimum absolute atomic E-state index is 0.140. The highest BCUT2D eigenvalue weighted by Gasteiger charge is 2.12. The van der Waals surface area contributed by atoms with E-state index in [2.05, 4.69) is 15.9 Å². The van der Waals surface area contributed by atoms with Crippen LogP contribution in [0.1, 0.15) is 20.8 Å². The van der Waals surface area contributed by atoms with E-state index in [1.54, 1.807) is 19.1 Å². The van der Waals surface area contributed by atoms with Crippen molar-refractivity contribution >= 4 is 33.0 Å². The van der Waals surface area contributed by atoms with Crippen LogP contribution >= 0.6 is 27.3 Å². The van der Waals surface area contributed by atoms with Gasteiger partial charge >= 0.3 is 0 Å². The van der Waals surface area contributed by atoms with Gasteiger partial charge in [-0.25, -0.2) is 4.39 Å². The maximum Gasteiger partial charge on any atom is 0.203 e. The summed E-state index contributed by atoms with van der Waals surface area (Å²) in [5.74, 6) is -0.516. The Hall–Kier alpha value is -1.000. The second-order valence-corrected chi connectivity index (χ2v) is 5.91. The number of hydrogen-bond donors (Lipinski definition) is 0. The Morgan fingerprint density at radius 1 is 1.31 bits per heavy atom. The molecule has 2 aromatic rings. The van der Waals surface area contributed by atoms with Crippen molar-refractivity contribution in [1.29, 1.82) is 0 Å². The molecule has 0 spiro atoms. The van der Waals surface area contributed by atoms with Crippen LogP contribution in [0.5, 0.6) is 0 Å². The van der Waals surface area contributed by atoms with E-state index >= 15 is 0 Å². The van der Waals surface area contributed by atoms with Gasteiger partial charge in [0.25, 0.3) is 0 Å². The highest BCUT2D eigenvalue weighted by Crippen LogP contribution is 2.24. The molecule has 0 aliphatic heterocycles. The van der Waals surface area contributed by atoms with Crippen molar-refractivity contribution in [1.82, 2.24) is 0 Å². The van der Waals surface area contributed by atoms with Crippen LogP contribution in [-0.4, -0.2) is 5.78 Å². The molecule has 1 aromatic heterocycles. The van der Waals surface area contributed by atoms with Crippen LogP contribution in [0.2, 0.25) is 0 Å². The molecule has 0 fully saturated rings. The molecule has 2 rings (SSSR count). The number of ketones is 1. The predicted octanol–water partition coefficient (Wildman–Crippen LogP) is 4.19. The maximum absolute atomic E-state index is 13.2. The lowest BCUT2D eigenvalue weighted by atomic mass is 10.1. The van der Waals surface area contributed by atoms with Gasteiger partial charge in [-0.2, -0.15) is 0 Å². The molecule has 0 saturated heterocycles. The molecule has 0 atom stereocenters. The van der Waals surface area contributed by atoms with Crippen LogP contribution in [0.3, 0.4) is 0 Å². The van der Waals surface area contributed by atoms with Gasteiger partial charge in [-0.15, -0.1) is 11.3 Å². The second-order valence-electron chi connectivity index (χ2n) is 3.45. The number of hydrogen-bond acceptors (Lipinski definition) is 2. The van der Waals surface area contributed by atoms with Crippen molar-refractivity contribution in [2.24, 2.45) is 0 Å². The van der Waals surface area contributed by atoms with E-state index in [-0.39, 0.29) is 11.6 Å². The van der Waals surface area contributed by atoms with Gasteiger partial charge in [0.15, 0.2) is 0 Å². The average molecular weight is 299 g/mol. The summed E-state index contributed by atoms with van der Waals surface area (Å²) >= 11 is 4.64. The van der Waals surface area contributed by atoms with Gasteiger partial charge in [0.2, 0.25) is 5.78 Å². The van der Waals surface area contributed by atoms with Gasteiger partial charge in [0.05, 0.1) is 8.66 Å². The molecule has 82 valence electrons. The SMILES string of the molecule is Cc1cc(F)cc(C(=O)c2ccc(Br)s2)c1. The molecule has 16 heavy (non-hydrogen) atoms. The molecule has 0 unspecified atom stereocenters. The second kappa shape index (κ2) is 4.47. The quantitative estimate of drug-likeness (QED) is 0.760. The Morgan fingerprint density at radius 3 is 2.62 bits per heavy atom. The predicted molar refractivity (Wildman–Crippen MR) is 66.6 cm³/mol. The van der Waals surface area contributed by atoms with E-state index < -0.39 is 0 Å². The van der Waals surface area contributed by atoms with Crippen LogP contribution in [-0.2, 0) is 0 Å². The molecule has 1 nitrogen and oxygen atoms in total. The van der Waals surface area contributed by atoms with Gasteiger partial charge in [-0.3, -0.25) is 4.79 Å². The average Bonchev–Trinajstić information content (AvgIpc) is 2.62. The van der Waals surface area contributed by atoms with E-state index in [0.717, 1.165) is 9.35 Å². The molecular weight excluding hydrogens is 291 g/mol. The molecule has 0 saturated carbocycles. The molecule has 0 radical (unpaired) electrons. The lowest BCUT2D eigenvalue weighted by molar-refractivity contribution is 0.104. The molecule has 0 bridgehead atoms. The van der Waals surface area contributed by atoms with Crippen molar-refractivity contribution in [3.05, 3.63) is 55.9 Å². The monoisotopic (exact) mass is 298 g/mol. The molecule has 0 aliphatic carbocycles. The lowest BCUT2D eigenvalue weighted by Crippen LogP contribution is -1.99. The summed E-state index contributed by atoms with van der Waals surface area (Å²) in [6, 6.07) is 7.91. The maximum atomic E-state index is 13.2. The Morgan fingerprint density at radius 2 is 2.06 bits per heavy atom. The topological polar surface area (TPSA) is 17.1 Å². The third-order valence-corrected chi connectivity index (χ3v) is 3.72. The number of carbonyl (C=O) groups is 1. The van der Waals surface area contributed by atoms with Crippen molar-refractivity contribution < 1.29 is 9.18 Å². The zero-order valence-electron chi connectivity index (χ0n) is 8.46. The smallest absolute Gasteiger partial charge is 0.203 e. The number of carbonyl (C=O) groups excluding carboxylic acids is 1. The standard InChI is InChI=1S/C12H8BrFOS/c1-7-4-8(6-9(14)5-7)12(15)10-2-3-11(13)16-10/h2-6H,1H3. The van der Waals surface area contributed by atoms with Crippen LogP contribution in [0.25, 0.3) is 0 Å². The number of halogens is 2. The molecule has 0 amide bonds. The van der Waals surface area contributed by atoms with Gasteiger partial charge in [0.1, 0.15) is 5.82 Å². The molecule has 1 aromatic carbocycles. The van der Waals surface area contributed by atoms with E-state index in [1.807, 2.05) is 6.07 Å². The van der Waals surface area contributed by atoms with E-state index in [0.29, 0.717) is 10.4 Å². The largest absolute Gasteiger partial charge is 0.288 e. The van der Waals surface area contributed by atoms with E-state index in [4.69, 9.17) is 0 Å². The van der Waals surface area contributed by atoms with Gasteiger partial charge < -0.3 is 0 Å². The molecule has 1 heterocycles. The van der Waals surface area contributed by atoms with Crippen LogP contribution in [0.4, 0.5) is 4.39 Å². The highest BCUT2D eigenvalue weighted by molar-refractivity contribution is 9.11. The highest BCUT2D eigenvalue weighted by atomic mass is 79.9. The fourth-order valence-corrected chi connectivity index (χ4v) is 2.79. The molecule has 4 heteroatoms. The first-order valence-electron chi connectivity index (χ1n) is 4.63. The van der Waals surface area contributed by atoms with Gasteiger partial charge in [-0.1, -0.05) is 0 Å². The minimum Gasteiger partial charge on any atom is -0.288 e. The van der Waals surface area contributed by atoms with Crippen molar-refractivity contribution in [3.8, 4) is 0 Å². The van der Waals surface area contributed by atoms with Crippen molar-refractivity contribution in [3.63, 3.8) is 0 Å². The number of rotatable bonds is 2. The third kappa shape index (κ3) is 2.39. The lowest BCUT2D eigenvalue weighted by Gasteiger charge is -2.00. The number of benzene rings is 1. The van der Waals surface area contributed by atoms with Gasteiger partial charge in [0, 0.05) is 5.56 Å². The fourth-order valence-electron chi connectivity index (χ4n) is 1.45. The summed E-state index contributed by atoms with van der Waals surface area (Å²) in [4.78, 5) is 12.6. The van der Waals surface area contributed by atoms with Crippen LogP contribution in [0, 0.1) is 12.7 Å². The molecular formula is C12H8BrFOS.